The minimum Gasteiger partial charge on any atom is -0.508 e. The van der Waals surface area contributed by atoms with Crippen LogP contribution in [0.5, 0.6) is 11.5 Å². The summed E-state index contributed by atoms with van der Waals surface area (Å²) >= 11 is 0. The molecule has 2 aliphatic rings. The molecule has 1 fully saturated rings. The first-order valence-corrected chi connectivity index (χ1v) is 9.51. The Labute approximate surface area is 141 Å². The van der Waals surface area contributed by atoms with Gasteiger partial charge in [-0.05, 0) is 67.6 Å². The molecule has 1 aromatic carbocycles. The second-order valence-electron chi connectivity index (χ2n) is 8.13. The van der Waals surface area contributed by atoms with Crippen molar-refractivity contribution < 1.29 is 9.84 Å². The average molecular weight is 316 g/mol. The van der Waals surface area contributed by atoms with Gasteiger partial charge in [0, 0.05) is 5.56 Å². The molecular weight excluding hydrogens is 284 g/mol. The summed E-state index contributed by atoms with van der Waals surface area (Å²) in [6.07, 6.45) is 8.08. The van der Waals surface area contributed by atoms with E-state index in [1.807, 2.05) is 6.07 Å². The smallest absolute Gasteiger partial charge is 0.127 e. The van der Waals surface area contributed by atoms with E-state index in [2.05, 4.69) is 33.8 Å². The van der Waals surface area contributed by atoms with Gasteiger partial charge in [-0.25, -0.2) is 0 Å². The van der Waals surface area contributed by atoms with Crippen LogP contribution in [0.25, 0.3) is 0 Å². The third-order valence-electron chi connectivity index (χ3n) is 6.26. The predicted octanol–water partition coefficient (Wildman–Crippen LogP) is 5.82. The van der Waals surface area contributed by atoms with E-state index in [-0.39, 0.29) is 5.60 Å². The van der Waals surface area contributed by atoms with Gasteiger partial charge < -0.3 is 9.84 Å². The molecule has 0 spiro atoms. The molecule has 0 amide bonds. The van der Waals surface area contributed by atoms with Gasteiger partial charge in [-0.15, -0.1) is 0 Å². The lowest BCUT2D eigenvalue weighted by molar-refractivity contribution is -0.0479. The molecule has 3 atom stereocenters. The van der Waals surface area contributed by atoms with Crippen LogP contribution in [0.2, 0.25) is 0 Å². The van der Waals surface area contributed by atoms with Crippen molar-refractivity contribution in [2.45, 2.75) is 84.2 Å². The van der Waals surface area contributed by atoms with E-state index in [0.29, 0.717) is 23.5 Å². The van der Waals surface area contributed by atoms with Crippen molar-refractivity contribution in [3.63, 3.8) is 0 Å². The standard InChI is InChI=1S/C21H32O2/c1-5-6-7-8-16-11-18(22)20-17-13-21(14(2)3,10-9-15(17)4)23-19(20)12-16/h11-12,14-15,17,22H,5-10,13H2,1-4H3. The summed E-state index contributed by atoms with van der Waals surface area (Å²) in [5.41, 5.74) is 2.27. The topological polar surface area (TPSA) is 29.5 Å². The van der Waals surface area contributed by atoms with Gasteiger partial charge in [0.05, 0.1) is 0 Å². The highest BCUT2D eigenvalue weighted by atomic mass is 16.5. The van der Waals surface area contributed by atoms with Crippen LogP contribution in [-0.4, -0.2) is 10.7 Å². The SMILES string of the molecule is CCCCCc1cc(O)c2c(c1)OC1(C(C)C)CCC(C)C2C1. The highest BCUT2D eigenvalue weighted by Crippen LogP contribution is 2.56. The van der Waals surface area contributed by atoms with Crippen molar-refractivity contribution in [1.82, 2.24) is 0 Å². The number of hydrogen-bond donors (Lipinski definition) is 1. The molecule has 1 saturated carbocycles. The Kier molecular flexibility index (Phi) is 4.62. The first kappa shape index (κ1) is 16.7. The molecule has 2 heteroatoms. The lowest BCUT2D eigenvalue weighted by Crippen LogP contribution is -2.49. The zero-order valence-corrected chi connectivity index (χ0v) is 15.2. The lowest BCUT2D eigenvalue weighted by atomic mass is 9.64. The molecule has 1 heterocycles. The minimum absolute atomic E-state index is 0.0291. The van der Waals surface area contributed by atoms with Crippen molar-refractivity contribution >= 4 is 0 Å². The van der Waals surface area contributed by atoms with E-state index >= 15 is 0 Å². The van der Waals surface area contributed by atoms with Crippen LogP contribution in [0.15, 0.2) is 12.1 Å². The summed E-state index contributed by atoms with van der Waals surface area (Å²) in [5.74, 6) is 3.01. The van der Waals surface area contributed by atoms with E-state index in [1.54, 1.807) is 0 Å². The Balaban J connectivity index is 1.96. The number of phenols is 1. The molecule has 0 radical (unpaired) electrons. The van der Waals surface area contributed by atoms with Crippen LogP contribution >= 0.6 is 0 Å². The molecular formula is C21H32O2. The molecule has 2 bridgehead atoms. The summed E-state index contributed by atoms with van der Waals surface area (Å²) in [6.45, 7) is 9.12. The van der Waals surface area contributed by atoms with Crippen LogP contribution in [0.3, 0.4) is 0 Å². The number of unbranched alkanes of at least 4 members (excludes halogenated alkanes) is 2. The Morgan fingerprint density at radius 2 is 2.09 bits per heavy atom. The molecule has 23 heavy (non-hydrogen) atoms. The van der Waals surface area contributed by atoms with Crippen molar-refractivity contribution in [2.75, 3.05) is 0 Å². The van der Waals surface area contributed by atoms with Crippen molar-refractivity contribution in [1.29, 1.82) is 0 Å². The van der Waals surface area contributed by atoms with Crippen LogP contribution in [0, 0.1) is 11.8 Å². The van der Waals surface area contributed by atoms with Gasteiger partial charge in [0.25, 0.3) is 0 Å². The van der Waals surface area contributed by atoms with Gasteiger partial charge in [-0.3, -0.25) is 0 Å². The summed E-state index contributed by atoms with van der Waals surface area (Å²) < 4.78 is 6.57. The third-order valence-corrected chi connectivity index (χ3v) is 6.26. The minimum atomic E-state index is -0.0291. The number of fused-ring (bicyclic) bond motifs is 4. The molecule has 128 valence electrons. The van der Waals surface area contributed by atoms with Crippen LogP contribution in [0.4, 0.5) is 0 Å². The van der Waals surface area contributed by atoms with Crippen LogP contribution < -0.4 is 4.74 Å². The fraction of sp³-hybridized carbons (Fsp3) is 0.714. The summed E-state index contributed by atoms with van der Waals surface area (Å²) in [5, 5.41) is 10.7. The third kappa shape index (κ3) is 2.97. The first-order valence-electron chi connectivity index (χ1n) is 9.51. The van der Waals surface area contributed by atoms with Crippen molar-refractivity contribution in [3.05, 3.63) is 23.3 Å². The summed E-state index contributed by atoms with van der Waals surface area (Å²) in [4.78, 5) is 0. The Morgan fingerprint density at radius 1 is 1.30 bits per heavy atom. The molecule has 1 N–H and O–H groups in total. The van der Waals surface area contributed by atoms with Gasteiger partial charge in [-0.1, -0.05) is 40.5 Å². The number of hydrogen-bond acceptors (Lipinski definition) is 2. The molecule has 0 saturated heterocycles. The normalized spacial score (nSPS) is 29.3. The molecule has 1 aromatic rings. The molecule has 1 aliphatic carbocycles. The van der Waals surface area contributed by atoms with E-state index in [4.69, 9.17) is 4.74 Å². The largest absolute Gasteiger partial charge is 0.508 e. The van der Waals surface area contributed by atoms with E-state index in [1.165, 1.54) is 31.2 Å². The van der Waals surface area contributed by atoms with Crippen LogP contribution in [-0.2, 0) is 6.42 Å². The second kappa shape index (κ2) is 6.37. The zero-order valence-electron chi connectivity index (χ0n) is 15.2. The number of aromatic hydroxyl groups is 1. The number of rotatable bonds is 5. The van der Waals surface area contributed by atoms with E-state index < -0.39 is 0 Å². The quantitative estimate of drug-likeness (QED) is 0.694. The summed E-state index contributed by atoms with van der Waals surface area (Å²) in [6, 6.07) is 4.20. The van der Waals surface area contributed by atoms with E-state index in [9.17, 15) is 5.11 Å². The van der Waals surface area contributed by atoms with Crippen molar-refractivity contribution in [3.8, 4) is 11.5 Å². The van der Waals surface area contributed by atoms with Gasteiger partial charge in [0.1, 0.15) is 17.1 Å². The monoisotopic (exact) mass is 316 g/mol. The van der Waals surface area contributed by atoms with Gasteiger partial charge in [0.2, 0.25) is 0 Å². The molecule has 3 unspecified atom stereocenters. The Hall–Kier alpha value is -1.18. The first-order chi connectivity index (χ1) is 11.0. The predicted molar refractivity (Wildman–Crippen MR) is 95.3 cm³/mol. The zero-order chi connectivity index (χ0) is 16.6. The fourth-order valence-corrected chi connectivity index (χ4v) is 4.54. The fourth-order valence-electron chi connectivity index (χ4n) is 4.54. The highest BCUT2D eigenvalue weighted by Gasteiger charge is 2.49. The Bertz CT molecular complexity index is 563. The maximum absolute atomic E-state index is 10.7. The lowest BCUT2D eigenvalue weighted by Gasteiger charge is -2.51. The molecule has 3 rings (SSSR count). The molecule has 0 aromatic heterocycles. The maximum Gasteiger partial charge on any atom is 0.127 e. The average Bonchev–Trinajstić information content (AvgIpc) is 2.51. The molecule has 2 nitrogen and oxygen atoms in total. The number of aryl methyl sites for hydroxylation is 1. The second-order valence-corrected chi connectivity index (χ2v) is 8.13. The van der Waals surface area contributed by atoms with Crippen LogP contribution in [0.1, 0.15) is 83.3 Å². The summed E-state index contributed by atoms with van der Waals surface area (Å²) in [7, 11) is 0. The van der Waals surface area contributed by atoms with Gasteiger partial charge in [0.15, 0.2) is 0 Å². The number of benzene rings is 1. The van der Waals surface area contributed by atoms with Gasteiger partial charge >= 0.3 is 0 Å². The maximum atomic E-state index is 10.7. The highest BCUT2D eigenvalue weighted by molar-refractivity contribution is 5.52. The molecule has 1 aliphatic heterocycles. The Morgan fingerprint density at radius 3 is 2.78 bits per heavy atom. The van der Waals surface area contributed by atoms with E-state index in [0.717, 1.165) is 30.6 Å². The van der Waals surface area contributed by atoms with Crippen molar-refractivity contribution in [2.24, 2.45) is 11.8 Å². The number of phenolic OH excluding ortho intramolecular Hbond substituents is 1. The number of ether oxygens (including phenoxy) is 1. The van der Waals surface area contributed by atoms with Gasteiger partial charge in [-0.2, -0.15) is 0 Å².